The highest BCUT2D eigenvalue weighted by Crippen LogP contribution is 2.18. The zero-order valence-electron chi connectivity index (χ0n) is 10.0. The van der Waals surface area contributed by atoms with Crippen LogP contribution in [0.4, 0.5) is 0 Å². The minimum absolute atomic E-state index is 0.0329. The molecule has 0 aliphatic carbocycles. The molecule has 0 unspecified atom stereocenters. The second-order valence-corrected chi connectivity index (χ2v) is 3.82. The third kappa shape index (κ3) is 2.86. The van der Waals surface area contributed by atoms with Gasteiger partial charge in [0.15, 0.2) is 12.4 Å². The molecule has 0 saturated carbocycles. The maximum atomic E-state index is 11.9. The lowest BCUT2D eigenvalue weighted by molar-refractivity contribution is 0.0921. The van der Waals surface area contributed by atoms with Gasteiger partial charge in [-0.05, 0) is 6.07 Å². The molecule has 0 heterocycles. The number of carbonyl (C=O) groups is 1. The molecule has 2 heteroatoms. The van der Waals surface area contributed by atoms with Crippen molar-refractivity contribution in [1.82, 2.24) is 0 Å². The first kappa shape index (κ1) is 12.1. The van der Waals surface area contributed by atoms with E-state index in [4.69, 9.17) is 4.74 Å². The lowest BCUT2D eigenvalue weighted by atomic mass is 10.1. The summed E-state index contributed by atoms with van der Waals surface area (Å²) in [4.78, 5) is 11.9. The van der Waals surface area contributed by atoms with Crippen molar-refractivity contribution < 1.29 is 9.53 Å². The van der Waals surface area contributed by atoms with Gasteiger partial charge in [0.1, 0.15) is 5.75 Å². The smallest absolute Gasteiger partial charge is 0.200 e. The molecule has 0 atom stereocenters. The number of hydrogen-bond acceptors (Lipinski definition) is 2. The second kappa shape index (κ2) is 5.82. The van der Waals surface area contributed by atoms with Crippen LogP contribution in [0.2, 0.25) is 0 Å². The molecule has 18 heavy (non-hydrogen) atoms. The van der Waals surface area contributed by atoms with E-state index in [0.717, 1.165) is 5.56 Å². The number of rotatable bonds is 5. The van der Waals surface area contributed by atoms with Gasteiger partial charge in [-0.3, -0.25) is 4.79 Å². The number of ketones is 1. The highest BCUT2D eigenvalue weighted by molar-refractivity contribution is 5.97. The standard InChI is InChI=1S/C16H14O2/c1-2-13-8-6-7-11-16(13)18-12-15(17)14-9-4-3-5-10-14/h2-11H,1,12H2. The average molecular weight is 238 g/mol. The number of carbonyl (C=O) groups excluding carboxylic acids is 1. The van der Waals surface area contributed by atoms with E-state index in [1.54, 1.807) is 18.2 Å². The van der Waals surface area contributed by atoms with E-state index in [-0.39, 0.29) is 12.4 Å². The Morgan fingerprint density at radius 2 is 1.72 bits per heavy atom. The van der Waals surface area contributed by atoms with Gasteiger partial charge in [0, 0.05) is 11.1 Å². The van der Waals surface area contributed by atoms with Crippen molar-refractivity contribution in [3.63, 3.8) is 0 Å². The molecule has 0 aromatic heterocycles. The summed E-state index contributed by atoms with van der Waals surface area (Å²) >= 11 is 0. The van der Waals surface area contributed by atoms with Crippen LogP contribution in [0.1, 0.15) is 15.9 Å². The molecule has 0 amide bonds. The van der Waals surface area contributed by atoms with Crippen LogP contribution in [0.5, 0.6) is 5.75 Å². The topological polar surface area (TPSA) is 26.3 Å². The van der Waals surface area contributed by atoms with Gasteiger partial charge < -0.3 is 4.74 Å². The molecule has 2 aromatic rings. The monoisotopic (exact) mass is 238 g/mol. The highest BCUT2D eigenvalue weighted by atomic mass is 16.5. The van der Waals surface area contributed by atoms with Crippen LogP contribution < -0.4 is 4.74 Å². The first-order valence-electron chi connectivity index (χ1n) is 5.74. The van der Waals surface area contributed by atoms with E-state index >= 15 is 0 Å². The zero-order valence-corrected chi connectivity index (χ0v) is 10.0. The maximum Gasteiger partial charge on any atom is 0.200 e. The molecule has 0 N–H and O–H groups in total. The van der Waals surface area contributed by atoms with Crippen LogP contribution in [-0.4, -0.2) is 12.4 Å². The average Bonchev–Trinajstić information content (AvgIpc) is 2.46. The Bertz CT molecular complexity index is 544. The van der Waals surface area contributed by atoms with Crippen molar-refractivity contribution >= 4 is 11.9 Å². The summed E-state index contributed by atoms with van der Waals surface area (Å²) in [6, 6.07) is 16.6. The minimum atomic E-state index is -0.0329. The number of hydrogen-bond donors (Lipinski definition) is 0. The molecule has 90 valence electrons. The summed E-state index contributed by atoms with van der Waals surface area (Å²) < 4.78 is 5.52. The van der Waals surface area contributed by atoms with E-state index in [0.29, 0.717) is 11.3 Å². The highest BCUT2D eigenvalue weighted by Gasteiger charge is 2.07. The molecule has 0 aliphatic heterocycles. The largest absolute Gasteiger partial charge is 0.485 e. The van der Waals surface area contributed by atoms with Crippen molar-refractivity contribution in [1.29, 1.82) is 0 Å². The summed E-state index contributed by atoms with van der Waals surface area (Å²) in [6.45, 7) is 3.75. The molecule has 0 bridgehead atoms. The number of para-hydroxylation sites is 1. The Balaban J connectivity index is 2.04. The van der Waals surface area contributed by atoms with Gasteiger partial charge in [0.25, 0.3) is 0 Å². The maximum absolute atomic E-state index is 11.9. The predicted octanol–water partition coefficient (Wildman–Crippen LogP) is 3.59. The molecular weight excluding hydrogens is 224 g/mol. The van der Waals surface area contributed by atoms with E-state index in [2.05, 4.69) is 6.58 Å². The normalized spacial score (nSPS) is 9.78. The summed E-state index contributed by atoms with van der Waals surface area (Å²) in [5.74, 6) is 0.645. The zero-order chi connectivity index (χ0) is 12.8. The van der Waals surface area contributed by atoms with E-state index in [9.17, 15) is 4.79 Å². The van der Waals surface area contributed by atoms with Crippen LogP contribution in [-0.2, 0) is 0 Å². The second-order valence-electron chi connectivity index (χ2n) is 3.82. The summed E-state index contributed by atoms with van der Waals surface area (Å²) in [6.07, 6.45) is 1.71. The van der Waals surface area contributed by atoms with Crippen molar-refractivity contribution in [2.24, 2.45) is 0 Å². The quantitative estimate of drug-likeness (QED) is 0.744. The molecule has 0 radical (unpaired) electrons. The van der Waals surface area contributed by atoms with Gasteiger partial charge in [-0.2, -0.15) is 0 Å². The predicted molar refractivity (Wildman–Crippen MR) is 72.8 cm³/mol. The minimum Gasteiger partial charge on any atom is -0.485 e. The Morgan fingerprint density at radius 3 is 2.44 bits per heavy atom. The number of Topliss-reactive ketones (excluding diaryl/α,β-unsaturated/α-hetero) is 1. The lowest BCUT2D eigenvalue weighted by Crippen LogP contribution is -2.11. The van der Waals surface area contributed by atoms with E-state index in [1.165, 1.54) is 0 Å². The van der Waals surface area contributed by atoms with Gasteiger partial charge in [0.2, 0.25) is 0 Å². The number of benzene rings is 2. The van der Waals surface area contributed by atoms with Gasteiger partial charge in [-0.1, -0.05) is 61.2 Å². The van der Waals surface area contributed by atoms with Crippen LogP contribution >= 0.6 is 0 Å². The van der Waals surface area contributed by atoms with Crippen LogP contribution in [0, 0.1) is 0 Å². The molecule has 2 nitrogen and oxygen atoms in total. The van der Waals surface area contributed by atoms with Crippen LogP contribution in [0.25, 0.3) is 6.08 Å². The summed E-state index contributed by atoms with van der Waals surface area (Å²) in [5, 5.41) is 0. The molecule has 0 fully saturated rings. The summed E-state index contributed by atoms with van der Waals surface area (Å²) in [7, 11) is 0. The van der Waals surface area contributed by atoms with Crippen molar-refractivity contribution in [2.75, 3.05) is 6.61 Å². The molecule has 2 aromatic carbocycles. The van der Waals surface area contributed by atoms with Crippen LogP contribution in [0.15, 0.2) is 61.2 Å². The molecule has 0 spiro atoms. The van der Waals surface area contributed by atoms with Crippen molar-refractivity contribution in [3.8, 4) is 5.75 Å². The third-order valence-electron chi connectivity index (χ3n) is 2.59. The molecule has 2 rings (SSSR count). The Morgan fingerprint density at radius 1 is 1.06 bits per heavy atom. The Kier molecular flexibility index (Phi) is 3.92. The number of ether oxygens (including phenoxy) is 1. The lowest BCUT2D eigenvalue weighted by Gasteiger charge is -2.08. The molecule has 0 aliphatic rings. The van der Waals surface area contributed by atoms with E-state index < -0.39 is 0 Å². The Hall–Kier alpha value is -2.35. The first-order chi connectivity index (χ1) is 8.81. The van der Waals surface area contributed by atoms with E-state index in [1.807, 2.05) is 42.5 Å². The fourth-order valence-corrected chi connectivity index (χ4v) is 1.63. The SMILES string of the molecule is C=Cc1ccccc1OCC(=O)c1ccccc1. The Labute approximate surface area is 107 Å². The summed E-state index contributed by atoms with van der Waals surface area (Å²) in [5.41, 5.74) is 1.55. The van der Waals surface area contributed by atoms with Gasteiger partial charge in [-0.15, -0.1) is 0 Å². The van der Waals surface area contributed by atoms with Gasteiger partial charge in [0.05, 0.1) is 0 Å². The van der Waals surface area contributed by atoms with Gasteiger partial charge in [-0.25, -0.2) is 0 Å². The van der Waals surface area contributed by atoms with Crippen LogP contribution in [0.3, 0.4) is 0 Å². The van der Waals surface area contributed by atoms with Gasteiger partial charge >= 0.3 is 0 Å². The first-order valence-corrected chi connectivity index (χ1v) is 5.74. The third-order valence-corrected chi connectivity index (χ3v) is 2.59. The fraction of sp³-hybridized carbons (Fsp3) is 0.0625. The van der Waals surface area contributed by atoms with Crippen molar-refractivity contribution in [3.05, 3.63) is 72.3 Å². The fourth-order valence-electron chi connectivity index (χ4n) is 1.63. The molecular formula is C16H14O2. The van der Waals surface area contributed by atoms with Crippen molar-refractivity contribution in [2.45, 2.75) is 0 Å². The molecule has 0 saturated heterocycles.